The lowest BCUT2D eigenvalue weighted by Crippen LogP contribution is -2.43. The Morgan fingerprint density at radius 3 is 2.71 bits per heavy atom. The maximum atomic E-state index is 14.0. The molecule has 2 aromatic heterocycles. The number of furan rings is 1. The van der Waals surface area contributed by atoms with Crippen molar-refractivity contribution in [3.63, 3.8) is 0 Å². The number of pyridine rings is 1. The third-order valence-electron chi connectivity index (χ3n) is 6.13. The summed E-state index contributed by atoms with van der Waals surface area (Å²) >= 11 is 12.4. The molecule has 1 amide bonds. The Morgan fingerprint density at radius 2 is 2.06 bits per heavy atom. The van der Waals surface area contributed by atoms with Crippen molar-refractivity contribution >= 4 is 51.5 Å². The maximum absolute atomic E-state index is 14.0. The normalized spacial score (nSPS) is 15.9. The predicted molar refractivity (Wildman–Crippen MR) is 134 cm³/mol. The molecule has 0 spiro atoms. The van der Waals surface area contributed by atoms with E-state index in [0.29, 0.717) is 36.0 Å². The first-order chi connectivity index (χ1) is 16.6. The van der Waals surface area contributed by atoms with E-state index >= 15 is 0 Å². The van der Waals surface area contributed by atoms with Crippen molar-refractivity contribution in [3.8, 4) is 5.75 Å². The first-order valence-electron chi connectivity index (χ1n) is 11.2. The molecule has 7 nitrogen and oxygen atoms in total. The Labute approximate surface area is 212 Å². The van der Waals surface area contributed by atoms with E-state index in [4.69, 9.17) is 38.1 Å². The van der Waals surface area contributed by atoms with Gasteiger partial charge in [-0.2, -0.15) is 0 Å². The van der Waals surface area contributed by atoms with Crippen LogP contribution in [-0.4, -0.2) is 40.1 Å². The smallest absolute Gasteiger partial charge is 0.251 e. The SMILES string of the molecule is CC(C)[C@@H](O)C(=O)N1CC=C(c2coc3c(O[C@H](C)c4c(Cl)ccc(F)c4Cl)c(N)ncc23)CC1. The van der Waals surface area contributed by atoms with E-state index in [2.05, 4.69) is 4.98 Å². The fraction of sp³-hybridized carbons (Fsp3) is 0.360. The third kappa shape index (κ3) is 4.83. The second-order valence-electron chi connectivity index (χ2n) is 8.83. The molecule has 35 heavy (non-hydrogen) atoms. The topological polar surface area (TPSA) is 102 Å². The number of nitrogens with zero attached hydrogens (tertiary/aromatic N) is 2. The van der Waals surface area contributed by atoms with Gasteiger partial charge in [0.15, 0.2) is 11.4 Å². The fourth-order valence-corrected chi connectivity index (χ4v) is 4.76. The summed E-state index contributed by atoms with van der Waals surface area (Å²) in [6, 6.07) is 2.60. The largest absolute Gasteiger partial charge is 0.478 e. The highest BCUT2D eigenvalue weighted by molar-refractivity contribution is 6.36. The van der Waals surface area contributed by atoms with Gasteiger partial charge in [-0.3, -0.25) is 4.79 Å². The van der Waals surface area contributed by atoms with Crippen molar-refractivity contribution < 1.29 is 23.4 Å². The average molecular weight is 522 g/mol. The number of anilines is 1. The van der Waals surface area contributed by atoms with Gasteiger partial charge in [0.25, 0.3) is 5.91 Å². The van der Waals surface area contributed by atoms with Crippen molar-refractivity contribution in [3.05, 3.63) is 57.7 Å². The van der Waals surface area contributed by atoms with E-state index in [1.165, 1.54) is 12.1 Å². The number of rotatable bonds is 6. The van der Waals surface area contributed by atoms with Gasteiger partial charge in [0.1, 0.15) is 18.0 Å². The summed E-state index contributed by atoms with van der Waals surface area (Å²) in [7, 11) is 0. The Morgan fingerprint density at radius 1 is 1.31 bits per heavy atom. The number of aliphatic hydroxyl groups excluding tert-OH is 1. The van der Waals surface area contributed by atoms with Crippen molar-refractivity contribution in [2.45, 2.75) is 39.4 Å². The molecular formula is C25H26Cl2FN3O4. The molecule has 3 aromatic rings. The number of fused-ring (bicyclic) bond motifs is 1. The molecule has 2 atom stereocenters. The summed E-state index contributed by atoms with van der Waals surface area (Å²) in [5.74, 6) is -0.734. The van der Waals surface area contributed by atoms with Gasteiger partial charge in [0.2, 0.25) is 5.75 Å². The first kappa shape index (κ1) is 25.3. The standard InChI is InChI=1S/C25H26Cl2FN3O4/c1-12(2)21(32)25(33)31-8-6-14(7-9-31)16-11-34-22-15(16)10-30-24(29)23(22)35-13(3)19-17(26)4-5-18(28)20(19)27/h4-6,10-13,21,32H,7-9H2,1-3H3,(H2,29,30)/t13-,21-/m1/s1. The van der Waals surface area contributed by atoms with Crippen LogP contribution in [0.4, 0.5) is 10.2 Å². The van der Waals surface area contributed by atoms with Crippen LogP contribution in [0.25, 0.3) is 16.5 Å². The number of halogens is 3. The van der Waals surface area contributed by atoms with E-state index in [1.807, 2.05) is 6.08 Å². The number of aromatic nitrogens is 1. The van der Waals surface area contributed by atoms with E-state index in [9.17, 15) is 14.3 Å². The van der Waals surface area contributed by atoms with Gasteiger partial charge >= 0.3 is 0 Å². The molecule has 0 saturated carbocycles. The highest BCUT2D eigenvalue weighted by Crippen LogP contribution is 2.41. The number of carbonyl (C=O) groups excluding carboxylic acids is 1. The molecule has 1 aliphatic rings. The van der Waals surface area contributed by atoms with Crippen LogP contribution in [0.1, 0.15) is 44.4 Å². The number of hydrogen-bond acceptors (Lipinski definition) is 6. The molecular weight excluding hydrogens is 496 g/mol. The average Bonchev–Trinajstić information content (AvgIpc) is 3.27. The molecule has 1 aromatic carbocycles. The summed E-state index contributed by atoms with van der Waals surface area (Å²) in [5.41, 5.74) is 8.56. The maximum Gasteiger partial charge on any atom is 0.251 e. The summed E-state index contributed by atoms with van der Waals surface area (Å²) in [6.07, 6.45) is 3.95. The third-order valence-corrected chi connectivity index (χ3v) is 6.85. The molecule has 0 radical (unpaired) electrons. The fourth-order valence-electron chi connectivity index (χ4n) is 4.08. The zero-order chi connectivity index (χ0) is 25.4. The van der Waals surface area contributed by atoms with Crippen molar-refractivity contribution in [2.24, 2.45) is 5.92 Å². The van der Waals surface area contributed by atoms with Crippen LogP contribution in [0.5, 0.6) is 5.75 Å². The highest BCUT2D eigenvalue weighted by Gasteiger charge is 2.28. The summed E-state index contributed by atoms with van der Waals surface area (Å²) in [5, 5.41) is 10.9. The van der Waals surface area contributed by atoms with Crippen LogP contribution in [0.15, 0.2) is 35.1 Å². The van der Waals surface area contributed by atoms with E-state index in [-0.39, 0.29) is 33.4 Å². The summed E-state index contributed by atoms with van der Waals surface area (Å²) in [4.78, 5) is 18.4. The lowest BCUT2D eigenvalue weighted by atomic mass is 9.98. The van der Waals surface area contributed by atoms with Gasteiger partial charge in [0, 0.05) is 35.4 Å². The van der Waals surface area contributed by atoms with Crippen LogP contribution in [0.2, 0.25) is 10.0 Å². The van der Waals surface area contributed by atoms with Crippen LogP contribution in [0.3, 0.4) is 0 Å². The van der Waals surface area contributed by atoms with Crippen LogP contribution < -0.4 is 10.5 Å². The van der Waals surface area contributed by atoms with Crippen molar-refractivity contribution in [2.75, 3.05) is 18.8 Å². The first-order valence-corrected chi connectivity index (χ1v) is 12.0. The van der Waals surface area contributed by atoms with Crippen LogP contribution in [0, 0.1) is 11.7 Å². The zero-order valence-corrected chi connectivity index (χ0v) is 21.0. The number of amides is 1. The summed E-state index contributed by atoms with van der Waals surface area (Å²) in [6.45, 7) is 6.14. The quantitative estimate of drug-likeness (QED) is 0.407. The molecule has 10 heteroatoms. The van der Waals surface area contributed by atoms with Gasteiger partial charge in [-0.1, -0.05) is 43.1 Å². The van der Waals surface area contributed by atoms with Gasteiger partial charge < -0.3 is 24.9 Å². The Bertz CT molecular complexity index is 1310. The predicted octanol–water partition coefficient (Wildman–Crippen LogP) is 5.63. The van der Waals surface area contributed by atoms with Gasteiger partial charge in [-0.05, 0) is 37.0 Å². The second kappa shape index (κ2) is 10.0. The van der Waals surface area contributed by atoms with Crippen molar-refractivity contribution in [1.29, 1.82) is 0 Å². The molecule has 0 aliphatic carbocycles. The number of nitrogens with two attached hydrogens (primary N) is 1. The van der Waals surface area contributed by atoms with Gasteiger partial charge in [-0.15, -0.1) is 0 Å². The Balaban J connectivity index is 1.62. The van der Waals surface area contributed by atoms with E-state index in [1.54, 1.807) is 38.1 Å². The number of nitrogen functional groups attached to an aromatic ring is 1. The lowest BCUT2D eigenvalue weighted by Gasteiger charge is -2.29. The minimum absolute atomic E-state index is 0.103. The molecule has 0 unspecified atom stereocenters. The van der Waals surface area contributed by atoms with Crippen molar-refractivity contribution in [1.82, 2.24) is 9.88 Å². The van der Waals surface area contributed by atoms with E-state index < -0.39 is 18.0 Å². The molecule has 3 N–H and O–H groups in total. The molecule has 0 bridgehead atoms. The zero-order valence-electron chi connectivity index (χ0n) is 19.5. The molecule has 3 heterocycles. The van der Waals surface area contributed by atoms with Gasteiger partial charge in [-0.25, -0.2) is 9.37 Å². The Hall–Kier alpha value is -2.81. The molecule has 4 rings (SSSR count). The molecule has 0 fully saturated rings. The highest BCUT2D eigenvalue weighted by atomic mass is 35.5. The van der Waals surface area contributed by atoms with Crippen LogP contribution in [-0.2, 0) is 4.79 Å². The van der Waals surface area contributed by atoms with E-state index in [0.717, 1.165) is 11.1 Å². The number of benzene rings is 1. The Kier molecular flexibility index (Phi) is 7.26. The second-order valence-corrected chi connectivity index (χ2v) is 9.62. The minimum atomic E-state index is -1.02. The minimum Gasteiger partial charge on any atom is -0.478 e. The monoisotopic (exact) mass is 521 g/mol. The lowest BCUT2D eigenvalue weighted by molar-refractivity contribution is -0.141. The van der Waals surface area contributed by atoms with Gasteiger partial charge in [0.05, 0.1) is 16.7 Å². The number of ether oxygens (including phenoxy) is 1. The summed E-state index contributed by atoms with van der Waals surface area (Å²) < 4.78 is 25.9. The molecule has 0 saturated heterocycles. The number of carbonyl (C=O) groups is 1. The molecule has 1 aliphatic heterocycles. The number of hydrogen-bond donors (Lipinski definition) is 2. The number of aliphatic hydroxyl groups is 1. The van der Waals surface area contributed by atoms with Crippen LogP contribution >= 0.6 is 23.2 Å². The molecule has 186 valence electrons.